The molecule has 4 nitrogen and oxygen atoms in total. The summed E-state index contributed by atoms with van der Waals surface area (Å²) in [5.41, 5.74) is 4.73. The Labute approximate surface area is 99.6 Å². The normalized spacial score (nSPS) is 15.1. The monoisotopic (exact) mass is 229 g/mol. The number of carbonyl (C=O) groups excluding carboxylic acids is 1. The van der Waals surface area contributed by atoms with Crippen LogP contribution in [0.15, 0.2) is 12.4 Å². The second-order valence-electron chi connectivity index (χ2n) is 4.65. The van der Waals surface area contributed by atoms with Crippen LogP contribution in [0.25, 0.3) is 11.0 Å². The largest absolute Gasteiger partial charge is 0.346 e. The van der Waals surface area contributed by atoms with Crippen LogP contribution in [0.3, 0.4) is 0 Å². The third kappa shape index (κ3) is 1.52. The van der Waals surface area contributed by atoms with E-state index in [-0.39, 0.29) is 5.91 Å². The van der Waals surface area contributed by atoms with Crippen molar-refractivity contribution in [2.45, 2.75) is 26.8 Å². The molecule has 0 unspecified atom stereocenters. The number of hydrogen-bond acceptors (Lipinski definition) is 2. The van der Waals surface area contributed by atoms with Crippen LogP contribution in [0.4, 0.5) is 0 Å². The lowest BCUT2D eigenvalue weighted by molar-refractivity contribution is -0.129. The third-order valence-electron chi connectivity index (χ3n) is 3.53. The Morgan fingerprint density at radius 1 is 1.53 bits per heavy atom. The van der Waals surface area contributed by atoms with E-state index in [1.54, 1.807) is 6.92 Å². The maximum Gasteiger partial charge on any atom is 0.219 e. The quantitative estimate of drug-likeness (QED) is 0.748. The Balaban J connectivity index is 2.13. The van der Waals surface area contributed by atoms with Gasteiger partial charge in [0.15, 0.2) is 0 Å². The van der Waals surface area contributed by atoms with Crippen LogP contribution in [-0.4, -0.2) is 27.3 Å². The molecule has 3 rings (SSSR count). The number of amides is 1. The molecule has 1 N–H and O–H groups in total. The van der Waals surface area contributed by atoms with Crippen molar-refractivity contribution in [1.29, 1.82) is 0 Å². The predicted octanol–water partition coefficient (Wildman–Crippen LogP) is 1.78. The summed E-state index contributed by atoms with van der Waals surface area (Å²) in [5.74, 6) is 0.140. The van der Waals surface area contributed by atoms with E-state index >= 15 is 0 Å². The second kappa shape index (κ2) is 3.58. The minimum absolute atomic E-state index is 0.140. The van der Waals surface area contributed by atoms with Crippen molar-refractivity contribution in [3.05, 3.63) is 29.1 Å². The van der Waals surface area contributed by atoms with Gasteiger partial charge in [-0.1, -0.05) is 0 Å². The maximum atomic E-state index is 11.4. The fourth-order valence-corrected chi connectivity index (χ4v) is 2.59. The molecule has 0 saturated carbocycles. The number of aromatic amines is 1. The number of aryl methyl sites for hydroxylation is 1. The molecular formula is C13H15N3O. The van der Waals surface area contributed by atoms with Gasteiger partial charge in [-0.3, -0.25) is 4.79 Å². The van der Waals surface area contributed by atoms with E-state index in [0.717, 1.165) is 18.6 Å². The number of hydrogen-bond donors (Lipinski definition) is 1. The van der Waals surface area contributed by atoms with Gasteiger partial charge in [-0.25, -0.2) is 4.98 Å². The second-order valence-corrected chi connectivity index (χ2v) is 4.65. The van der Waals surface area contributed by atoms with Gasteiger partial charge < -0.3 is 9.88 Å². The first-order valence-electron chi connectivity index (χ1n) is 5.87. The zero-order chi connectivity index (χ0) is 12.0. The molecule has 1 aliphatic rings. The lowest BCUT2D eigenvalue weighted by Crippen LogP contribution is -2.34. The summed E-state index contributed by atoms with van der Waals surface area (Å²) in [4.78, 5) is 20.9. The molecular weight excluding hydrogens is 214 g/mol. The Hall–Kier alpha value is -1.84. The van der Waals surface area contributed by atoms with E-state index in [1.165, 1.54) is 22.1 Å². The third-order valence-corrected chi connectivity index (χ3v) is 3.53. The van der Waals surface area contributed by atoms with Gasteiger partial charge in [0.1, 0.15) is 5.65 Å². The standard InChI is InChI=1S/C13H15N3O/c1-8-5-14-13-12(8)11-3-4-16(9(2)17)7-10(11)6-15-13/h5-6H,3-4,7H2,1-2H3,(H,14,15). The van der Waals surface area contributed by atoms with Gasteiger partial charge in [-0.2, -0.15) is 0 Å². The van der Waals surface area contributed by atoms with Crippen molar-refractivity contribution in [1.82, 2.24) is 14.9 Å². The van der Waals surface area contributed by atoms with Crippen molar-refractivity contribution in [3.63, 3.8) is 0 Å². The van der Waals surface area contributed by atoms with Gasteiger partial charge in [0.25, 0.3) is 0 Å². The van der Waals surface area contributed by atoms with Gasteiger partial charge in [0, 0.05) is 37.8 Å². The molecule has 1 amide bonds. The molecule has 0 aromatic carbocycles. The Kier molecular flexibility index (Phi) is 2.18. The molecule has 0 bridgehead atoms. The maximum absolute atomic E-state index is 11.4. The molecule has 0 aliphatic carbocycles. The molecule has 0 fully saturated rings. The van der Waals surface area contributed by atoms with Crippen molar-refractivity contribution in [2.75, 3.05) is 6.54 Å². The van der Waals surface area contributed by atoms with Crippen molar-refractivity contribution in [3.8, 4) is 0 Å². The minimum atomic E-state index is 0.140. The number of pyridine rings is 1. The molecule has 0 spiro atoms. The van der Waals surface area contributed by atoms with Crippen LogP contribution in [-0.2, 0) is 17.8 Å². The molecule has 0 saturated heterocycles. The first kappa shape index (κ1) is 10.3. The highest BCUT2D eigenvalue weighted by atomic mass is 16.2. The van der Waals surface area contributed by atoms with Crippen LogP contribution in [0.5, 0.6) is 0 Å². The summed E-state index contributed by atoms with van der Waals surface area (Å²) in [6, 6.07) is 0. The number of fused-ring (bicyclic) bond motifs is 3. The predicted molar refractivity (Wildman–Crippen MR) is 65.6 cm³/mol. The van der Waals surface area contributed by atoms with Crippen LogP contribution in [0.2, 0.25) is 0 Å². The smallest absolute Gasteiger partial charge is 0.219 e. The lowest BCUT2D eigenvalue weighted by atomic mass is 9.97. The van der Waals surface area contributed by atoms with Gasteiger partial charge in [-0.05, 0) is 30.0 Å². The van der Waals surface area contributed by atoms with E-state index in [2.05, 4.69) is 16.9 Å². The molecule has 0 radical (unpaired) electrons. The highest BCUT2D eigenvalue weighted by molar-refractivity contribution is 5.85. The molecule has 2 aromatic rings. The van der Waals surface area contributed by atoms with E-state index < -0.39 is 0 Å². The molecule has 2 aromatic heterocycles. The Bertz CT molecular complexity index is 600. The number of nitrogens with zero attached hydrogens (tertiary/aromatic N) is 2. The van der Waals surface area contributed by atoms with Crippen LogP contribution < -0.4 is 0 Å². The molecule has 1 aliphatic heterocycles. The zero-order valence-electron chi connectivity index (χ0n) is 10.1. The minimum Gasteiger partial charge on any atom is -0.346 e. The first-order chi connectivity index (χ1) is 8.16. The van der Waals surface area contributed by atoms with Crippen LogP contribution >= 0.6 is 0 Å². The topological polar surface area (TPSA) is 49.0 Å². The van der Waals surface area contributed by atoms with Gasteiger partial charge in [0.2, 0.25) is 5.91 Å². The van der Waals surface area contributed by atoms with Gasteiger partial charge in [0.05, 0.1) is 0 Å². The summed E-state index contributed by atoms with van der Waals surface area (Å²) < 4.78 is 0. The highest BCUT2D eigenvalue weighted by Gasteiger charge is 2.21. The summed E-state index contributed by atoms with van der Waals surface area (Å²) in [7, 11) is 0. The first-order valence-corrected chi connectivity index (χ1v) is 5.87. The van der Waals surface area contributed by atoms with E-state index in [0.29, 0.717) is 6.54 Å². The van der Waals surface area contributed by atoms with E-state index in [1.807, 2.05) is 17.3 Å². The summed E-state index contributed by atoms with van der Waals surface area (Å²) >= 11 is 0. The fourth-order valence-electron chi connectivity index (χ4n) is 2.59. The zero-order valence-corrected chi connectivity index (χ0v) is 10.1. The number of H-pyrrole nitrogens is 1. The fraction of sp³-hybridized carbons (Fsp3) is 0.385. The number of carbonyl (C=O) groups is 1. The van der Waals surface area contributed by atoms with Crippen LogP contribution in [0.1, 0.15) is 23.6 Å². The SMILES string of the molecule is CC(=O)N1CCc2c(cnc3[nH]cc(C)c23)C1. The Morgan fingerprint density at radius 2 is 2.35 bits per heavy atom. The van der Waals surface area contributed by atoms with Crippen LogP contribution in [0, 0.1) is 6.92 Å². The lowest BCUT2D eigenvalue weighted by Gasteiger charge is -2.28. The van der Waals surface area contributed by atoms with Crippen molar-refractivity contribution >= 4 is 16.9 Å². The highest BCUT2D eigenvalue weighted by Crippen LogP contribution is 2.27. The van der Waals surface area contributed by atoms with Crippen molar-refractivity contribution in [2.24, 2.45) is 0 Å². The average Bonchev–Trinajstić information content (AvgIpc) is 2.70. The summed E-state index contributed by atoms with van der Waals surface area (Å²) in [5, 5.41) is 1.24. The molecule has 17 heavy (non-hydrogen) atoms. The molecule has 4 heteroatoms. The Morgan fingerprint density at radius 3 is 3.12 bits per heavy atom. The molecule has 0 atom stereocenters. The van der Waals surface area contributed by atoms with Gasteiger partial charge in [-0.15, -0.1) is 0 Å². The van der Waals surface area contributed by atoms with E-state index in [9.17, 15) is 4.79 Å². The van der Waals surface area contributed by atoms with Crippen molar-refractivity contribution < 1.29 is 4.79 Å². The number of rotatable bonds is 0. The number of nitrogens with one attached hydrogen (secondary N) is 1. The summed E-state index contributed by atoms with van der Waals surface area (Å²) in [6.45, 7) is 5.22. The summed E-state index contributed by atoms with van der Waals surface area (Å²) in [6.07, 6.45) is 4.81. The molecule has 88 valence electrons. The van der Waals surface area contributed by atoms with E-state index in [4.69, 9.17) is 0 Å². The average molecular weight is 229 g/mol. The van der Waals surface area contributed by atoms with Gasteiger partial charge >= 0.3 is 0 Å². The number of aromatic nitrogens is 2. The molecule has 3 heterocycles.